The molecule has 1 fully saturated rings. The number of aryl methyl sites for hydroxylation is 1. The second kappa shape index (κ2) is 7.06. The molecule has 106 valence electrons. The SMILES string of the molecule is CCCC1CN(C(C)c2ccc(C)cc2)CCCN1. The Balaban J connectivity index is 2.03. The fraction of sp³-hybridized carbons (Fsp3) is 0.647. The minimum Gasteiger partial charge on any atom is -0.313 e. The normalized spacial score (nSPS) is 23.0. The third-order valence-electron chi connectivity index (χ3n) is 4.25. The molecule has 0 aromatic heterocycles. The molecule has 0 aliphatic carbocycles. The van der Waals surface area contributed by atoms with Gasteiger partial charge < -0.3 is 5.32 Å². The average molecular weight is 260 g/mol. The number of nitrogens with one attached hydrogen (secondary N) is 1. The van der Waals surface area contributed by atoms with Gasteiger partial charge in [0.15, 0.2) is 0 Å². The lowest BCUT2D eigenvalue weighted by molar-refractivity contribution is 0.203. The minimum atomic E-state index is 0.528. The molecule has 1 saturated heterocycles. The van der Waals surface area contributed by atoms with Gasteiger partial charge in [-0.05, 0) is 38.8 Å². The molecule has 2 nitrogen and oxygen atoms in total. The summed E-state index contributed by atoms with van der Waals surface area (Å²) in [5, 5.41) is 3.69. The summed E-state index contributed by atoms with van der Waals surface area (Å²) in [6.07, 6.45) is 3.82. The third kappa shape index (κ3) is 4.05. The summed E-state index contributed by atoms with van der Waals surface area (Å²) >= 11 is 0. The summed E-state index contributed by atoms with van der Waals surface area (Å²) in [5.74, 6) is 0. The van der Waals surface area contributed by atoms with Crippen molar-refractivity contribution in [2.45, 2.75) is 52.1 Å². The van der Waals surface area contributed by atoms with Gasteiger partial charge in [0, 0.05) is 25.2 Å². The first-order chi connectivity index (χ1) is 9.20. The highest BCUT2D eigenvalue weighted by Crippen LogP contribution is 2.22. The van der Waals surface area contributed by atoms with Crippen molar-refractivity contribution in [1.29, 1.82) is 0 Å². The summed E-state index contributed by atoms with van der Waals surface area (Å²) in [7, 11) is 0. The van der Waals surface area contributed by atoms with Gasteiger partial charge in [-0.2, -0.15) is 0 Å². The standard InChI is InChI=1S/C17H28N2/c1-4-6-17-13-19(12-5-11-18-17)15(3)16-9-7-14(2)8-10-16/h7-10,15,17-18H,4-6,11-13H2,1-3H3. The molecule has 0 spiro atoms. The van der Waals surface area contributed by atoms with Crippen LogP contribution >= 0.6 is 0 Å². The van der Waals surface area contributed by atoms with E-state index in [2.05, 4.69) is 55.3 Å². The molecule has 0 amide bonds. The number of rotatable bonds is 4. The Bertz CT molecular complexity index is 371. The molecule has 0 bridgehead atoms. The molecule has 0 saturated carbocycles. The van der Waals surface area contributed by atoms with Gasteiger partial charge in [-0.1, -0.05) is 43.2 Å². The molecule has 1 aliphatic rings. The second-order valence-corrected chi connectivity index (χ2v) is 5.87. The smallest absolute Gasteiger partial charge is 0.0320 e. The molecule has 1 aliphatic heterocycles. The molecule has 2 atom stereocenters. The molecule has 1 aromatic rings. The van der Waals surface area contributed by atoms with E-state index in [4.69, 9.17) is 0 Å². The maximum atomic E-state index is 3.69. The molecule has 19 heavy (non-hydrogen) atoms. The lowest BCUT2D eigenvalue weighted by Gasteiger charge is -2.30. The summed E-state index contributed by atoms with van der Waals surface area (Å²) in [6.45, 7) is 10.3. The third-order valence-corrected chi connectivity index (χ3v) is 4.25. The lowest BCUT2D eigenvalue weighted by Crippen LogP contribution is -2.38. The highest BCUT2D eigenvalue weighted by molar-refractivity contribution is 5.23. The second-order valence-electron chi connectivity index (χ2n) is 5.87. The van der Waals surface area contributed by atoms with E-state index in [0.717, 1.165) is 0 Å². The van der Waals surface area contributed by atoms with E-state index < -0.39 is 0 Å². The van der Waals surface area contributed by atoms with E-state index in [1.165, 1.54) is 50.0 Å². The van der Waals surface area contributed by atoms with Crippen LogP contribution in [-0.2, 0) is 0 Å². The molecular weight excluding hydrogens is 232 g/mol. The molecule has 1 N–H and O–H groups in total. The van der Waals surface area contributed by atoms with Crippen molar-refractivity contribution in [3.05, 3.63) is 35.4 Å². The fourth-order valence-electron chi connectivity index (χ4n) is 2.98. The largest absolute Gasteiger partial charge is 0.313 e. The Labute approximate surface area is 118 Å². The van der Waals surface area contributed by atoms with Crippen molar-refractivity contribution in [2.75, 3.05) is 19.6 Å². The number of benzene rings is 1. The Hall–Kier alpha value is -0.860. The Kier molecular flexibility index (Phi) is 5.41. The number of nitrogens with zero attached hydrogens (tertiary/aromatic N) is 1. The van der Waals surface area contributed by atoms with Crippen LogP contribution < -0.4 is 5.32 Å². The van der Waals surface area contributed by atoms with Crippen molar-refractivity contribution in [3.8, 4) is 0 Å². The Morgan fingerprint density at radius 1 is 1.32 bits per heavy atom. The molecular formula is C17H28N2. The van der Waals surface area contributed by atoms with Crippen molar-refractivity contribution in [1.82, 2.24) is 10.2 Å². The van der Waals surface area contributed by atoms with Crippen molar-refractivity contribution >= 4 is 0 Å². The van der Waals surface area contributed by atoms with E-state index in [1.807, 2.05) is 0 Å². The first-order valence-corrected chi connectivity index (χ1v) is 7.74. The van der Waals surface area contributed by atoms with Crippen LogP contribution in [0, 0.1) is 6.92 Å². The zero-order chi connectivity index (χ0) is 13.7. The predicted octanol–water partition coefficient (Wildman–Crippen LogP) is 3.52. The van der Waals surface area contributed by atoms with Crippen molar-refractivity contribution < 1.29 is 0 Å². The van der Waals surface area contributed by atoms with Gasteiger partial charge in [0.1, 0.15) is 0 Å². The van der Waals surface area contributed by atoms with Gasteiger partial charge >= 0.3 is 0 Å². The Morgan fingerprint density at radius 3 is 2.74 bits per heavy atom. The van der Waals surface area contributed by atoms with Crippen LogP contribution in [0.5, 0.6) is 0 Å². The number of hydrogen-bond donors (Lipinski definition) is 1. The quantitative estimate of drug-likeness (QED) is 0.891. The molecule has 2 heteroatoms. The topological polar surface area (TPSA) is 15.3 Å². The van der Waals surface area contributed by atoms with Gasteiger partial charge in [-0.3, -0.25) is 4.90 Å². The van der Waals surface area contributed by atoms with Crippen LogP contribution in [0.2, 0.25) is 0 Å². The lowest BCUT2D eigenvalue weighted by atomic mass is 10.0. The summed E-state index contributed by atoms with van der Waals surface area (Å²) in [4.78, 5) is 2.64. The van der Waals surface area contributed by atoms with Gasteiger partial charge in [-0.15, -0.1) is 0 Å². The van der Waals surface area contributed by atoms with Crippen LogP contribution in [0.1, 0.15) is 50.3 Å². The highest BCUT2D eigenvalue weighted by atomic mass is 15.2. The zero-order valence-corrected chi connectivity index (χ0v) is 12.7. The van der Waals surface area contributed by atoms with E-state index in [9.17, 15) is 0 Å². The minimum absolute atomic E-state index is 0.528. The van der Waals surface area contributed by atoms with Crippen molar-refractivity contribution in [2.24, 2.45) is 0 Å². The monoisotopic (exact) mass is 260 g/mol. The maximum Gasteiger partial charge on any atom is 0.0320 e. The van der Waals surface area contributed by atoms with Crippen LogP contribution in [0.25, 0.3) is 0 Å². The molecule has 0 radical (unpaired) electrons. The predicted molar refractivity (Wildman–Crippen MR) is 82.5 cm³/mol. The van der Waals surface area contributed by atoms with Crippen LogP contribution in [0.3, 0.4) is 0 Å². The highest BCUT2D eigenvalue weighted by Gasteiger charge is 2.21. The van der Waals surface area contributed by atoms with E-state index in [-0.39, 0.29) is 0 Å². The Morgan fingerprint density at radius 2 is 2.05 bits per heavy atom. The summed E-state index contributed by atoms with van der Waals surface area (Å²) < 4.78 is 0. The zero-order valence-electron chi connectivity index (χ0n) is 12.7. The van der Waals surface area contributed by atoms with Crippen molar-refractivity contribution in [3.63, 3.8) is 0 Å². The summed E-state index contributed by atoms with van der Waals surface area (Å²) in [5.41, 5.74) is 2.79. The fourth-order valence-corrected chi connectivity index (χ4v) is 2.98. The molecule has 1 heterocycles. The first kappa shape index (κ1) is 14.5. The van der Waals surface area contributed by atoms with Crippen LogP contribution in [0.4, 0.5) is 0 Å². The summed E-state index contributed by atoms with van der Waals surface area (Å²) in [6, 6.07) is 10.2. The average Bonchev–Trinajstić information content (AvgIpc) is 2.65. The first-order valence-electron chi connectivity index (χ1n) is 7.74. The molecule has 2 unspecified atom stereocenters. The van der Waals surface area contributed by atoms with Crippen LogP contribution in [0.15, 0.2) is 24.3 Å². The molecule has 1 aromatic carbocycles. The van der Waals surface area contributed by atoms with E-state index in [0.29, 0.717) is 12.1 Å². The van der Waals surface area contributed by atoms with Gasteiger partial charge in [0.2, 0.25) is 0 Å². The van der Waals surface area contributed by atoms with Gasteiger partial charge in [0.25, 0.3) is 0 Å². The molecule has 2 rings (SSSR count). The van der Waals surface area contributed by atoms with Gasteiger partial charge in [-0.25, -0.2) is 0 Å². The number of hydrogen-bond acceptors (Lipinski definition) is 2. The maximum absolute atomic E-state index is 3.69. The van der Waals surface area contributed by atoms with E-state index in [1.54, 1.807) is 0 Å². The van der Waals surface area contributed by atoms with Crippen LogP contribution in [-0.4, -0.2) is 30.6 Å². The van der Waals surface area contributed by atoms with E-state index >= 15 is 0 Å². The van der Waals surface area contributed by atoms with Gasteiger partial charge in [0.05, 0.1) is 0 Å².